The fourth-order valence-electron chi connectivity index (χ4n) is 2.43. The first-order chi connectivity index (χ1) is 11.6. The van der Waals surface area contributed by atoms with E-state index in [1.54, 1.807) is 6.92 Å². The number of anilines is 1. The van der Waals surface area contributed by atoms with Gasteiger partial charge in [0.2, 0.25) is 0 Å². The minimum absolute atomic E-state index is 0.0844. The van der Waals surface area contributed by atoms with Crippen LogP contribution in [0.1, 0.15) is 18.9 Å². The molecule has 1 unspecified atom stereocenters. The van der Waals surface area contributed by atoms with Crippen LogP contribution in [0.2, 0.25) is 0 Å². The van der Waals surface area contributed by atoms with Gasteiger partial charge in [0.25, 0.3) is 5.91 Å². The van der Waals surface area contributed by atoms with Gasteiger partial charge in [-0.05, 0) is 50.1 Å². The van der Waals surface area contributed by atoms with Crippen molar-refractivity contribution in [2.24, 2.45) is 0 Å². The zero-order valence-electron chi connectivity index (χ0n) is 14.7. The normalized spacial score (nSPS) is 11.6. The molecule has 1 atom stereocenters. The lowest BCUT2D eigenvalue weighted by Gasteiger charge is -2.20. The molecule has 0 aromatic heterocycles. The highest BCUT2D eigenvalue weighted by molar-refractivity contribution is 5.80. The third-order valence-electron chi connectivity index (χ3n) is 3.84. The largest absolute Gasteiger partial charge is 0.481 e. The molecule has 0 radical (unpaired) electrons. The predicted molar refractivity (Wildman–Crippen MR) is 98.6 cm³/mol. The maximum Gasteiger partial charge on any atom is 0.260 e. The van der Waals surface area contributed by atoms with Crippen LogP contribution in [0.15, 0.2) is 54.6 Å². The summed E-state index contributed by atoms with van der Waals surface area (Å²) in [6, 6.07) is 17.9. The summed E-state index contributed by atoms with van der Waals surface area (Å²) in [5.74, 6) is 0.639. The Hall–Kier alpha value is -2.49. The van der Waals surface area contributed by atoms with Crippen molar-refractivity contribution in [2.75, 3.05) is 25.0 Å². The summed E-state index contributed by atoms with van der Waals surface area (Å²) in [5.41, 5.74) is 2.30. The summed E-state index contributed by atoms with van der Waals surface area (Å²) < 4.78 is 5.68. The van der Waals surface area contributed by atoms with Crippen LogP contribution in [0, 0.1) is 6.92 Å². The number of hydrogen-bond donors (Lipinski definition) is 1. The van der Waals surface area contributed by atoms with Gasteiger partial charge < -0.3 is 15.0 Å². The summed E-state index contributed by atoms with van der Waals surface area (Å²) in [6.45, 7) is 5.30. The molecule has 0 fully saturated rings. The number of amides is 1. The summed E-state index contributed by atoms with van der Waals surface area (Å²) in [7, 11) is 2.06. The molecular weight excluding hydrogens is 300 g/mol. The van der Waals surface area contributed by atoms with Crippen LogP contribution >= 0.6 is 0 Å². The van der Waals surface area contributed by atoms with Crippen molar-refractivity contribution in [2.45, 2.75) is 26.4 Å². The van der Waals surface area contributed by atoms with E-state index in [-0.39, 0.29) is 5.91 Å². The topological polar surface area (TPSA) is 41.6 Å². The summed E-state index contributed by atoms with van der Waals surface area (Å²) in [4.78, 5) is 14.3. The molecule has 0 spiro atoms. The van der Waals surface area contributed by atoms with Gasteiger partial charge in [0.15, 0.2) is 6.10 Å². The first-order valence-corrected chi connectivity index (χ1v) is 8.33. The van der Waals surface area contributed by atoms with Crippen LogP contribution in [-0.4, -0.2) is 32.1 Å². The summed E-state index contributed by atoms with van der Waals surface area (Å²) in [5, 5.41) is 2.93. The first kappa shape index (κ1) is 17.9. The van der Waals surface area contributed by atoms with E-state index in [1.165, 1.54) is 5.69 Å². The molecule has 2 aromatic carbocycles. The van der Waals surface area contributed by atoms with Gasteiger partial charge in [0.1, 0.15) is 5.75 Å². The van der Waals surface area contributed by atoms with E-state index in [0.717, 1.165) is 24.3 Å². The molecule has 4 nitrogen and oxygen atoms in total. The highest BCUT2D eigenvalue weighted by Gasteiger charge is 2.14. The number of carbonyl (C=O) groups excluding carboxylic acids is 1. The highest BCUT2D eigenvalue weighted by Crippen LogP contribution is 2.14. The average molecular weight is 326 g/mol. The molecule has 2 aromatic rings. The third-order valence-corrected chi connectivity index (χ3v) is 3.84. The van der Waals surface area contributed by atoms with E-state index in [2.05, 4.69) is 29.4 Å². The number of para-hydroxylation sites is 1. The Labute approximate surface area is 144 Å². The van der Waals surface area contributed by atoms with E-state index < -0.39 is 6.10 Å². The van der Waals surface area contributed by atoms with Crippen molar-refractivity contribution in [1.29, 1.82) is 0 Å². The lowest BCUT2D eigenvalue weighted by molar-refractivity contribution is -0.127. The highest BCUT2D eigenvalue weighted by atomic mass is 16.5. The number of rotatable bonds is 8. The van der Waals surface area contributed by atoms with Crippen LogP contribution < -0.4 is 15.0 Å². The van der Waals surface area contributed by atoms with Crippen molar-refractivity contribution >= 4 is 11.6 Å². The molecule has 0 aliphatic rings. The second kappa shape index (κ2) is 8.96. The fraction of sp³-hybridized carbons (Fsp3) is 0.350. The number of hydrogen-bond acceptors (Lipinski definition) is 3. The van der Waals surface area contributed by atoms with Gasteiger partial charge in [0.05, 0.1) is 0 Å². The van der Waals surface area contributed by atoms with E-state index >= 15 is 0 Å². The second-order valence-electron chi connectivity index (χ2n) is 5.98. The van der Waals surface area contributed by atoms with Crippen molar-refractivity contribution in [3.05, 3.63) is 60.2 Å². The lowest BCUT2D eigenvalue weighted by Crippen LogP contribution is -2.37. The monoisotopic (exact) mass is 326 g/mol. The molecule has 0 aliphatic heterocycles. The van der Waals surface area contributed by atoms with E-state index in [4.69, 9.17) is 4.74 Å². The third kappa shape index (κ3) is 5.61. The van der Waals surface area contributed by atoms with Gasteiger partial charge >= 0.3 is 0 Å². The quantitative estimate of drug-likeness (QED) is 0.756. The minimum Gasteiger partial charge on any atom is -0.481 e. The number of benzene rings is 2. The number of aryl methyl sites for hydroxylation is 1. The average Bonchev–Trinajstić information content (AvgIpc) is 2.59. The molecule has 0 bridgehead atoms. The predicted octanol–water partition coefficient (Wildman–Crippen LogP) is 3.41. The molecular formula is C20H26N2O2. The van der Waals surface area contributed by atoms with Crippen molar-refractivity contribution in [3.63, 3.8) is 0 Å². The Morgan fingerprint density at radius 1 is 1.17 bits per heavy atom. The number of ether oxygens (including phenoxy) is 1. The zero-order valence-corrected chi connectivity index (χ0v) is 14.7. The molecule has 1 amide bonds. The van der Waals surface area contributed by atoms with Gasteiger partial charge in [-0.2, -0.15) is 0 Å². The van der Waals surface area contributed by atoms with Crippen LogP contribution in [0.4, 0.5) is 5.69 Å². The van der Waals surface area contributed by atoms with Crippen LogP contribution in [0.3, 0.4) is 0 Å². The summed E-state index contributed by atoms with van der Waals surface area (Å²) >= 11 is 0. The van der Waals surface area contributed by atoms with Crippen LogP contribution in [0.5, 0.6) is 5.75 Å². The Morgan fingerprint density at radius 2 is 1.92 bits per heavy atom. The van der Waals surface area contributed by atoms with Crippen LogP contribution in [-0.2, 0) is 4.79 Å². The molecule has 24 heavy (non-hydrogen) atoms. The Balaban J connectivity index is 1.69. The van der Waals surface area contributed by atoms with Gasteiger partial charge in [-0.25, -0.2) is 0 Å². The minimum atomic E-state index is -0.501. The lowest BCUT2D eigenvalue weighted by atomic mass is 10.2. The molecule has 0 heterocycles. The number of nitrogens with zero attached hydrogens (tertiary/aromatic N) is 1. The Kier molecular flexibility index (Phi) is 6.67. The first-order valence-electron chi connectivity index (χ1n) is 8.33. The maximum absolute atomic E-state index is 12.1. The maximum atomic E-state index is 12.1. The summed E-state index contributed by atoms with van der Waals surface area (Å²) in [6.07, 6.45) is 0.382. The van der Waals surface area contributed by atoms with E-state index in [9.17, 15) is 4.79 Å². The second-order valence-corrected chi connectivity index (χ2v) is 5.98. The molecule has 0 saturated heterocycles. The van der Waals surface area contributed by atoms with E-state index in [1.807, 2.05) is 49.4 Å². The smallest absolute Gasteiger partial charge is 0.260 e. The standard InChI is InChI=1S/C20H26N2O2/c1-16-9-7-12-19(15-16)24-17(2)20(23)21-13-8-14-22(3)18-10-5-4-6-11-18/h4-7,9-12,15,17H,8,13-14H2,1-3H3,(H,21,23). The van der Waals surface area contributed by atoms with Gasteiger partial charge in [-0.15, -0.1) is 0 Å². The Morgan fingerprint density at radius 3 is 2.62 bits per heavy atom. The molecule has 4 heteroatoms. The van der Waals surface area contributed by atoms with Crippen molar-refractivity contribution < 1.29 is 9.53 Å². The fourth-order valence-corrected chi connectivity index (χ4v) is 2.43. The molecule has 0 saturated carbocycles. The number of nitrogens with one attached hydrogen (secondary N) is 1. The Bertz CT molecular complexity index is 643. The molecule has 128 valence electrons. The number of carbonyl (C=O) groups is 1. The molecule has 0 aliphatic carbocycles. The zero-order chi connectivity index (χ0) is 17.4. The van der Waals surface area contributed by atoms with Gasteiger partial charge in [-0.1, -0.05) is 30.3 Å². The SMILES string of the molecule is Cc1cccc(OC(C)C(=O)NCCCN(C)c2ccccc2)c1. The van der Waals surface area contributed by atoms with Gasteiger partial charge in [0, 0.05) is 25.8 Å². The molecule has 1 N–H and O–H groups in total. The molecule has 2 rings (SSSR count). The van der Waals surface area contributed by atoms with Crippen LogP contribution in [0.25, 0.3) is 0 Å². The van der Waals surface area contributed by atoms with Crippen molar-refractivity contribution in [3.8, 4) is 5.75 Å². The van der Waals surface area contributed by atoms with Crippen molar-refractivity contribution in [1.82, 2.24) is 5.32 Å². The van der Waals surface area contributed by atoms with Gasteiger partial charge in [-0.3, -0.25) is 4.79 Å². The van der Waals surface area contributed by atoms with E-state index in [0.29, 0.717) is 6.54 Å².